The fraction of sp³-hybridized carbons (Fsp3) is 0.417. The van der Waals surface area contributed by atoms with E-state index in [2.05, 4.69) is 87.6 Å². The molecule has 27 heavy (non-hydrogen) atoms. The van der Waals surface area contributed by atoms with E-state index in [1.165, 1.54) is 55.6 Å². The molecule has 0 amide bonds. The Labute approximate surface area is 167 Å². The standard InChI is InChI=1S/C24H28N2S/c1-3-9-19(10-4-1)22(17-25-15-7-8-16-25)26-23(20-11-5-2-6-12-20)18-27-24(26)21-13-14-21/h1-6,9-12,18,21-22,24H,7-8,13-17H2/t22?,24-/m0/s1. The monoisotopic (exact) mass is 376 g/mol. The number of rotatable bonds is 6. The van der Waals surface area contributed by atoms with Gasteiger partial charge >= 0.3 is 0 Å². The van der Waals surface area contributed by atoms with Crippen LogP contribution in [0.3, 0.4) is 0 Å². The van der Waals surface area contributed by atoms with Crippen molar-refractivity contribution < 1.29 is 0 Å². The van der Waals surface area contributed by atoms with Gasteiger partial charge in [-0.05, 0) is 61.2 Å². The van der Waals surface area contributed by atoms with Gasteiger partial charge in [-0.3, -0.25) is 0 Å². The van der Waals surface area contributed by atoms with Crippen molar-refractivity contribution in [3.05, 3.63) is 77.2 Å². The number of thioether (sulfide) groups is 1. The summed E-state index contributed by atoms with van der Waals surface area (Å²) in [6, 6.07) is 22.6. The minimum atomic E-state index is 0.427. The zero-order valence-electron chi connectivity index (χ0n) is 15.8. The van der Waals surface area contributed by atoms with Crippen LogP contribution >= 0.6 is 11.8 Å². The number of hydrogen-bond acceptors (Lipinski definition) is 3. The molecule has 2 heterocycles. The van der Waals surface area contributed by atoms with E-state index in [0.29, 0.717) is 11.4 Å². The zero-order chi connectivity index (χ0) is 18.1. The highest BCUT2D eigenvalue weighted by atomic mass is 32.2. The van der Waals surface area contributed by atoms with E-state index in [1.807, 2.05) is 0 Å². The van der Waals surface area contributed by atoms with Gasteiger partial charge in [-0.25, -0.2) is 0 Å². The molecule has 2 aliphatic heterocycles. The van der Waals surface area contributed by atoms with Crippen molar-refractivity contribution in [3.8, 4) is 0 Å². The summed E-state index contributed by atoms with van der Waals surface area (Å²) in [5.41, 5.74) is 4.24. The molecule has 2 nitrogen and oxygen atoms in total. The maximum Gasteiger partial charge on any atom is 0.0827 e. The second-order valence-electron chi connectivity index (χ2n) is 8.07. The van der Waals surface area contributed by atoms with Crippen molar-refractivity contribution in [2.24, 2.45) is 5.92 Å². The van der Waals surface area contributed by atoms with Crippen LogP contribution in [0.15, 0.2) is 66.1 Å². The highest BCUT2D eigenvalue weighted by Crippen LogP contribution is 2.51. The van der Waals surface area contributed by atoms with Gasteiger partial charge < -0.3 is 9.80 Å². The normalized spacial score (nSPS) is 24.2. The van der Waals surface area contributed by atoms with Crippen LogP contribution in [0.1, 0.15) is 42.9 Å². The molecule has 1 unspecified atom stereocenters. The molecule has 0 spiro atoms. The lowest BCUT2D eigenvalue weighted by Gasteiger charge is -2.39. The van der Waals surface area contributed by atoms with Crippen LogP contribution in [0, 0.1) is 5.92 Å². The predicted octanol–water partition coefficient (Wildman–Crippen LogP) is 5.61. The van der Waals surface area contributed by atoms with Crippen LogP contribution < -0.4 is 0 Å². The fourth-order valence-corrected chi connectivity index (χ4v) is 5.94. The van der Waals surface area contributed by atoms with Gasteiger partial charge in [-0.2, -0.15) is 0 Å². The van der Waals surface area contributed by atoms with Crippen LogP contribution in [-0.2, 0) is 0 Å². The summed E-state index contributed by atoms with van der Waals surface area (Å²) >= 11 is 2.05. The summed E-state index contributed by atoms with van der Waals surface area (Å²) in [5, 5.41) is 3.02. The highest BCUT2D eigenvalue weighted by Gasteiger charge is 2.43. The summed E-state index contributed by atoms with van der Waals surface area (Å²) in [4.78, 5) is 5.44. The first-order chi connectivity index (χ1) is 13.4. The van der Waals surface area contributed by atoms with Crippen molar-refractivity contribution >= 4 is 17.5 Å². The van der Waals surface area contributed by atoms with Gasteiger partial charge in [-0.1, -0.05) is 60.7 Å². The predicted molar refractivity (Wildman–Crippen MR) is 115 cm³/mol. The molecule has 0 bridgehead atoms. The number of likely N-dealkylation sites (tertiary alicyclic amines) is 1. The van der Waals surface area contributed by atoms with E-state index in [9.17, 15) is 0 Å². The molecule has 1 saturated heterocycles. The quantitative estimate of drug-likeness (QED) is 0.647. The Bertz CT molecular complexity index is 779. The topological polar surface area (TPSA) is 6.48 Å². The van der Waals surface area contributed by atoms with Crippen LogP contribution in [-0.4, -0.2) is 34.8 Å². The minimum absolute atomic E-state index is 0.427. The van der Waals surface area contributed by atoms with Gasteiger partial charge in [0, 0.05) is 6.54 Å². The maximum absolute atomic E-state index is 2.77. The Morgan fingerprint density at radius 3 is 2.22 bits per heavy atom. The first-order valence-electron chi connectivity index (χ1n) is 10.4. The molecule has 1 aliphatic carbocycles. The Kier molecular flexibility index (Phi) is 4.98. The maximum atomic E-state index is 2.77. The Hall–Kier alpha value is -1.71. The zero-order valence-corrected chi connectivity index (χ0v) is 16.7. The third-order valence-electron chi connectivity index (χ3n) is 6.12. The molecule has 2 atom stereocenters. The van der Waals surface area contributed by atoms with Gasteiger partial charge in [0.2, 0.25) is 0 Å². The van der Waals surface area contributed by atoms with Crippen molar-refractivity contribution in [3.63, 3.8) is 0 Å². The van der Waals surface area contributed by atoms with Gasteiger partial charge in [0.1, 0.15) is 0 Å². The lowest BCUT2D eigenvalue weighted by Crippen LogP contribution is -2.39. The molecule has 1 saturated carbocycles. The molecular weight excluding hydrogens is 348 g/mol. The average molecular weight is 377 g/mol. The molecule has 2 aromatic carbocycles. The van der Waals surface area contributed by atoms with Crippen LogP contribution in [0.4, 0.5) is 0 Å². The SMILES string of the molecule is C1=C(c2ccccc2)N(C(CN2CCCC2)c2ccccc2)[C@H](C2CC2)S1. The van der Waals surface area contributed by atoms with Crippen molar-refractivity contribution in [2.75, 3.05) is 19.6 Å². The van der Waals surface area contributed by atoms with Gasteiger partial charge in [0.15, 0.2) is 0 Å². The number of benzene rings is 2. The molecule has 3 aliphatic rings. The van der Waals surface area contributed by atoms with Gasteiger partial charge in [0.05, 0.1) is 17.1 Å². The van der Waals surface area contributed by atoms with E-state index in [-0.39, 0.29) is 0 Å². The fourth-order valence-electron chi connectivity index (χ4n) is 4.53. The second kappa shape index (κ2) is 7.73. The smallest absolute Gasteiger partial charge is 0.0827 e. The summed E-state index contributed by atoms with van der Waals surface area (Å²) < 4.78 is 0. The third-order valence-corrected chi connectivity index (χ3v) is 7.37. The molecule has 0 radical (unpaired) electrons. The molecule has 3 heteroatoms. The minimum Gasteiger partial charge on any atom is -0.350 e. The van der Waals surface area contributed by atoms with E-state index >= 15 is 0 Å². The molecular formula is C24H28N2S. The second-order valence-corrected chi connectivity index (χ2v) is 9.07. The van der Waals surface area contributed by atoms with Gasteiger partial charge in [0.25, 0.3) is 0 Å². The van der Waals surface area contributed by atoms with Crippen LogP contribution in [0.5, 0.6) is 0 Å². The summed E-state index contributed by atoms with van der Waals surface area (Å²) in [6.45, 7) is 3.64. The Balaban J connectivity index is 1.52. The molecule has 0 N–H and O–H groups in total. The van der Waals surface area contributed by atoms with Crippen molar-refractivity contribution in [2.45, 2.75) is 37.1 Å². The molecule has 0 aromatic heterocycles. The highest BCUT2D eigenvalue weighted by molar-refractivity contribution is 8.03. The van der Waals surface area contributed by atoms with Gasteiger partial charge in [-0.15, -0.1) is 11.8 Å². The van der Waals surface area contributed by atoms with E-state index in [4.69, 9.17) is 0 Å². The van der Waals surface area contributed by atoms with Crippen molar-refractivity contribution in [1.82, 2.24) is 9.80 Å². The number of nitrogens with zero attached hydrogens (tertiary/aromatic N) is 2. The molecule has 2 fully saturated rings. The van der Waals surface area contributed by atoms with E-state index < -0.39 is 0 Å². The average Bonchev–Trinajstić information content (AvgIpc) is 3.26. The Morgan fingerprint density at radius 2 is 1.56 bits per heavy atom. The molecule has 140 valence electrons. The lowest BCUT2D eigenvalue weighted by molar-refractivity contribution is 0.196. The number of hydrogen-bond donors (Lipinski definition) is 0. The molecule has 2 aromatic rings. The Morgan fingerprint density at radius 1 is 0.889 bits per heavy atom. The largest absolute Gasteiger partial charge is 0.350 e. The van der Waals surface area contributed by atoms with Crippen molar-refractivity contribution in [1.29, 1.82) is 0 Å². The lowest BCUT2D eigenvalue weighted by atomic mass is 10.0. The summed E-state index contributed by atoms with van der Waals surface area (Å²) in [5.74, 6) is 0.845. The molecule has 5 rings (SSSR count). The van der Waals surface area contributed by atoms with Crippen LogP contribution in [0.2, 0.25) is 0 Å². The summed E-state index contributed by atoms with van der Waals surface area (Å²) in [7, 11) is 0. The van der Waals surface area contributed by atoms with E-state index in [1.54, 1.807) is 0 Å². The summed E-state index contributed by atoms with van der Waals surface area (Å²) in [6.07, 6.45) is 5.47. The van der Waals surface area contributed by atoms with Crippen LogP contribution in [0.25, 0.3) is 5.70 Å². The van der Waals surface area contributed by atoms with E-state index in [0.717, 1.165) is 12.5 Å². The first kappa shape index (κ1) is 17.4. The first-order valence-corrected chi connectivity index (χ1v) is 11.3. The third kappa shape index (κ3) is 3.68.